The third-order valence-corrected chi connectivity index (χ3v) is 5.01. The van der Waals surface area contributed by atoms with E-state index in [4.69, 9.17) is 9.47 Å². The molecule has 5 nitrogen and oxygen atoms in total. The second-order valence-corrected chi connectivity index (χ2v) is 6.84. The summed E-state index contributed by atoms with van der Waals surface area (Å²) in [6.07, 6.45) is 7.05. The molecule has 1 aromatic carbocycles. The minimum Gasteiger partial charge on any atom is -0.346 e. The monoisotopic (exact) mass is 357 g/mol. The van der Waals surface area contributed by atoms with E-state index in [1.165, 1.54) is 17.1 Å². The van der Waals surface area contributed by atoms with Crippen molar-refractivity contribution >= 4 is 11.8 Å². The second-order valence-electron chi connectivity index (χ2n) is 6.84. The van der Waals surface area contributed by atoms with Gasteiger partial charge in [-0.1, -0.05) is 51.0 Å². The first-order chi connectivity index (χ1) is 12.6. The summed E-state index contributed by atoms with van der Waals surface area (Å²) in [7, 11) is 0. The molecule has 26 heavy (non-hydrogen) atoms. The Bertz CT molecular complexity index is 669. The molecule has 1 heterocycles. The maximum atomic E-state index is 12.2. The number of carbonyl (C=O) groups excluding carboxylic acids is 2. The fraction of sp³-hybridized carbons (Fsp3) is 0.524. The van der Waals surface area contributed by atoms with Gasteiger partial charge in [0, 0.05) is 24.1 Å². The third kappa shape index (κ3) is 3.46. The van der Waals surface area contributed by atoms with Crippen LogP contribution in [0.2, 0.25) is 0 Å². The van der Waals surface area contributed by atoms with Crippen LogP contribution >= 0.6 is 0 Å². The Morgan fingerprint density at radius 1 is 1.00 bits per heavy atom. The molecule has 5 heteroatoms. The lowest BCUT2D eigenvalue weighted by molar-refractivity contribution is -0.250. The zero-order chi connectivity index (χ0) is 18.6. The van der Waals surface area contributed by atoms with Gasteiger partial charge in [-0.05, 0) is 18.4 Å². The highest BCUT2D eigenvalue weighted by Gasteiger charge is 2.50. The summed E-state index contributed by atoms with van der Waals surface area (Å²) >= 11 is 0. The Kier molecular flexibility index (Phi) is 5.89. The topological polar surface area (TPSA) is 55.8 Å². The minimum atomic E-state index is -0.894. The van der Waals surface area contributed by atoms with Gasteiger partial charge in [0.1, 0.15) is 0 Å². The molecule has 1 aliphatic heterocycles. The van der Waals surface area contributed by atoms with Gasteiger partial charge in [0.2, 0.25) is 0 Å². The number of amides is 2. The van der Waals surface area contributed by atoms with Gasteiger partial charge in [-0.25, -0.2) is 0 Å². The summed E-state index contributed by atoms with van der Waals surface area (Å²) in [5, 5.41) is 0. The van der Waals surface area contributed by atoms with Crippen molar-refractivity contribution in [3.63, 3.8) is 0 Å². The van der Waals surface area contributed by atoms with E-state index in [1.54, 1.807) is 0 Å². The van der Waals surface area contributed by atoms with E-state index in [9.17, 15) is 9.59 Å². The van der Waals surface area contributed by atoms with Crippen molar-refractivity contribution in [2.75, 3.05) is 13.2 Å². The van der Waals surface area contributed by atoms with Crippen LogP contribution < -0.4 is 0 Å². The van der Waals surface area contributed by atoms with Crippen LogP contribution in [-0.4, -0.2) is 29.9 Å². The Morgan fingerprint density at radius 3 is 2.15 bits per heavy atom. The number of hydrogen-bond acceptors (Lipinski definition) is 4. The van der Waals surface area contributed by atoms with Crippen LogP contribution in [0.25, 0.3) is 0 Å². The maximum absolute atomic E-state index is 12.2. The highest BCUT2D eigenvalue weighted by atomic mass is 16.7. The molecule has 3 rings (SSSR count). The molecule has 0 radical (unpaired) electrons. The average molecular weight is 357 g/mol. The SMILES string of the molecule is CCCCOC1(OCCCC)C[C@H](N2C(=O)C=CC2=O)c2ccccc21. The Hall–Kier alpha value is -1.98. The summed E-state index contributed by atoms with van der Waals surface area (Å²) in [6, 6.07) is 7.48. The van der Waals surface area contributed by atoms with Crippen molar-refractivity contribution in [1.29, 1.82) is 0 Å². The summed E-state index contributed by atoms with van der Waals surface area (Å²) in [5.41, 5.74) is 1.87. The van der Waals surface area contributed by atoms with Gasteiger partial charge in [0.15, 0.2) is 5.79 Å². The van der Waals surface area contributed by atoms with Gasteiger partial charge in [-0.15, -0.1) is 0 Å². The van der Waals surface area contributed by atoms with Crippen molar-refractivity contribution < 1.29 is 19.1 Å². The molecule has 0 saturated heterocycles. The number of rotatable bonds is 9. The standard InChI is InChI=1S/C21H27NO4/c1-3-5-13-25-21(26-14-6-4-2)15-18(16-9-7-8-10-17(16)21)22-19(23)11-12-20(22)24/h7-12,18H,3-6,13-15H2,1-2H3/t18-/m0/s1. The molecule has 1 atom stereocenters. The smallest absolute Gasteiger partial charge is 0.254 e. The zero-order valence-corrected chi connectivity index (χ0v) is 15.6. The van der Waals surface area contributed by atoms with Gasteiger partial charge in [0.25, 0.3) is 11.8 Å². The van der Waals surface area contributed by atoms with E-state index in [-0.39, 0.29) is 17.9 Å². The molecule has 0 fully saturated rings. The van der Waals surface area contributed by atoms with Gasteiger partial charge >= 0.3 is 0 Å². The molecule has 0 bridgehead atoms. The van der Waals surface area contributed by atoms with Crippen LogP contribution in [0.5, 0.6) is 0 Å². The van der Waals surface area contributed by atoms with Gasteiger partial charge in [0.05, 0.1) is 19.3 Å². The van der Waals surface area contributed by atoms with Crippen LogP contribution in [-0.2, 0) is 24.8 Å². The number of unbranched alkanes of at least 4 members (excludes halogenated alkanes) is 2. The summed E-state index contributed by atoms with van der Waals surface area (Å²) in [6.45, 7) is 5.41. The number of fused-ring (bicyclic) bond motifs is 1. The largest absolute Gasteiger partial charge is 0.346 e. The first-order valence-electron chi connectivity index (χ1n) is 9.55. The molecule has 0 N–H and O–H groups in total. The fourth-order valence-corrected chi connectivity index (χ4v) is 3.64. The molecule has 0 aromatic heterocycles. The summed E-state index contributed by atoms with van der Waals surface area (Å²) in [4.78, 5) is 25.8. The number of nitrogens with zero attached hydrogens (tertiary/aromatic N) is 1. The van der Waals surface area contributed by atoms with Gasteiger partial charge in [-0.3, -0.25) is 14.5 Å². The van der Waals surface area contributed by atoms with Crippen LogP contribution in [0.15, 0.2) is 36.4 Å². The lowest BCUT2D eigenvalue weighted by Gasteiger charge is -2.32. The fourth-order valence-electron chi connectivity index (χ4n) is 3.64. The number of hydrogen-bond donors (Lipinski definition) is 0. The second kappa shape index (κ2) is 8.14. The predicted molar refractivity (Wildman–Crippen MR) is 98.2 cm³/mol. The number of carbonyl (C=O) groups is 2. The molecule has 1 aromatic rings. The Labute approximate surface area is 155 Å². The maximum Gasteiger partial charge on any atom is 0.254 e. The van der Waals surface area contributed by atoms with Crippen molar-refractivity contribution in [3.05, 3.63) is 47.5 Å². The zero-order valence-electron chi connectivity index (χ0n) is 15.6. The molecule has 0 spiro atoms. The number of benzene rings is 1. The van der Waals surface area contributed by atoms with E-state index in [1.807, 2.05) is 24.3 Å². The molecule has 0 unspecified atom stereocenters. The first-order valence-corrected chi connectivity index (χ1v) is 9.55. The van der Waals surface area contributed by atoms with E-state index >= 15 is 0 Å². The van der Waals surface area contributed by atoms with Crippen LogP contribution in [0, 0.1) is 0 Å². The van der Waals surface area contributed by atoms with Gasteiger partial charge in [-0.2, -0.15) is 0 Å². The van der Waals surface area contributed by atoms with Crippen LogP contribution in [0.4, 0.5) is 0 Å². The molecule has 140 valence electrons. The third-order valence-electron chi connectivity index (χ3n) is 5.01. The van der Waals surface area contributed by atoms with E-state index < -0.39 is 5.79 Å². The minimum absolute atomic E-state index is 0.271. The Balaban J connectivity index is 1.93. The molecule has 2 amide bonds. The lowest BCUT2D eigenvalue weighted by Crippen LogP contribution is -2.36. The average Bonchev–Trinajstić information content (AvgIpc) is 3.14. The first kappa shape index (κ1) is 18.8. The van der Waals surface area contributed by atoms with E-state index in [0.29, 0.717) is 19.6 Å². The molecule has 0 saturated carbocycles. The van der Waals surface area contributed by atoms with Crippen LogP contribution in [0.1, 0.15) is 63.1 Å². The van der Waals surface area contributed by atoms with Crippen molar-refractivity contribution in [2.45, 2.75) is 57.8 Å². The number of imide groups is 1. The van der Waals surface area contributed by atoms with Crippen LogP contribution in [0.3, 0.4) is 0 Å². The molecular formula is C21H27NO4. The normalized spacial score (nSPS) is 20.8. The highest BCUT2D eigenvalue weighted by Crippen LogP contribution is 2.49. The van der Waals surface area contributed by atoms with Crippen molar-refractivity contribution in [1.82, 2.24) is 4.90 Å². The summed E-state index contributed by atoms with van der Waals surface area (Å²) < 4.78 is 12.5. The predicted octanol–water partition coefficient (Wildman–Crippen LogP) is 3.84. The van der Waals surface area contributed by atoms with Gasteiger partial charge < -0.3 is 9.47 Å². The van der Waals surface area contributed by atoms with Crippen molar-refractivity contribution in [3.8, 4) is 0 Å². The lowest BCUT2D eigenvalue weighted by atomic mass is 10.1. The van der Waals surface area contributed by atoms with E-state index in [2.05, 4.69) is 13.8 Å². The quantitative estimate of drug-likeness (QED) is 0.383. The molecule has 2 aliphatic rings. The van der Waals surface area contributed by atoms with E-state index in [0.717, 1.165) is 36.8 Å². The summed E-state index contributed by atoms with van der Waals surface area (Å²) in [5.74, 6) is -1.44. The molecule has 1 aliphatic carbocycles. The molecular weight excluding hydrogens is 330 g/mol. The Morgan fingerprint density at radius 2 is 1.58 bits per heavy atom. The number of ether oxygens (including phenoxy) is 2. The highest BCUT2D eigenvalue weighted by molar-refractivity contribution is 6.13. The van der Waals surface area contributed by atoms with Crippen molar-refractivity contribution in [2.24, 2.45) is 0 Å².